The topological polar surface area (TPSA) is 79.4 Å². The second-order valence-electron chi connectivity index (χ2n) is 9.59. The van der Waals surface area contributed by atoms with Gasteiger partial charge in [0.25, 0.3) is 0 Å². The summed E-state index contributed by atoms with van der Waals surface area (Å²) in [5.41, 5.74) is 1.97. The van der Waals surface area contributed by atoms with Crippen LogP contribution in [0.25, 0.3) is 0 Å². The number of rotatable bonds is 8. The van der Waals surface area contributed by atoms with Crippen molar-refractivity contribution >= 4 is 29.2 Å². The number of carbonyl (C=O) groups excluding carboxylic acids is 3. The Balaban J connectivity index is 1.15. The van der Waals surface area contributed by atoms with E-state index in [1.807, 2.05) is 17.0 Å². The summed E-state index contributed by atoms with van der Waals surface area (Å²) in [6.45, 7) is 9.07. The quantitative estimate of drug-likeness (QED) is 0.622. The van der Waals surface area contributed by atoms with Crippen LogP contribution in [0, 0.1) is 0 Å². The molecule has 0 spiro atoms. The van der Waals surface area contributed by atoms with E-state index in [9.17, 15) is 14.4 Å². The summed E-state index contributed by atoms with van der Waals surface area (Å²) < 4.78 is 0. The van der Waals surface area contributed by atoms with Crippen LogP contribution in [0.5, 0.6) is 0 Å². The second-order valence-corrected chi connectivity index (χ2v) is 9.59. The van der Waals surface area contributed by atoms with Gasteiger partial charge < -0.3 is 14.7 Å². The molecule has 0 saturated carbocycles. The van der Waals surface area contributed by atoms with Gasteiger partial charge in [-0.2, -0.15) is 0 Å². The van der Waals surface area contributed by atoms with Crippen molar-refractivity contribution in [2.45, 2.75) is 32.1 Å². The zero-order chi connectivity index (χ0) is 23.9. The Labute approximate surface area is 202 Å². The molecule has 4 rings (SSSR count). The summed E-state index contributed by atoms with van der Waals surface area (Å²) in [5.74, 6) is 0.0912. The van der Waals surface area contributed by atoms with Gasteiger partial charge in [-0.25, -0.2) is 4.79 Å². The normalized spacial score (nSPS) is 20.1. The number of piperidine rings is 1. The van der Waals surface area contributed by atoms with E-state index < -0.39 is 0 Å². The highest BCUT2D eigenvalue weighted by atomic mass is 16.2. The maximum Gasteiger partial charge on any atom is 0.328 e. The van der Waals surface area contributed by atoms with Crippen molar-refractivity contribution in [3.05, 3.63) is 24.3 Å². The number of carbonyl (C=O) groups is 3. The number of likely N-dealkylation sites (tertiary alicyclic amines) is 1. The summed E-state index contributed by atoms with van der Waals surface area (Å²) >= 11 is 0. The largest absolute Gasteiger partial charge is 0.369 e. The van der Waals surface area contributed by atoms with E-state index in [2.05, 4.69) is 39.2 Å². The van der Waals surface area contributed by atoms with Crippen molar-refractivity contribution in [1.82, 2.24) is 20.0 Å². The Morgan fingerprint density at radius 3 is 2.24 bits per heavy atom. The number of nitrogens with one attached hydrogen (secondary N) is 1. The maximum absolute atomic E-state index is 12.4. The Bertz CT molecular complexity index is 847. The molecule has 9 heteroatoms. The number of hydrogen-bond donors (Lipinski definition) is 1. The molecule has 0 aliphatic carbocycles. The predicted octanol–water partition coefficient (Wildman–Crippen LogP) is 1.59. The first-order chi connectivity index (χ1) is 16.5. The minimum atomic E-state index is -0.349. The molecule has 3 aliphatic heterocycles. The molecule has 1 aromatic carbocycles. The van der Waals surface area contributed by atoms with Gasteiger partial charge in [-0.1, -0.05) is 0 Å². The molecular formula is C25H38N6O3. The zero-order valence-electron chi connectivity index (χ0n) is 20.4. The summed E-state index contributed by atoms with van der Waals surface area (Å²) in [5, 5.41) is 2.37. The molecule has 1 aromatic rings. The molecule has 9 nitrogen and oxygen atoms in total. The van der Waals surface area contributed by atoms with Gasteiger partial charge in [-0.3, -0.25) is 24.7 Å². The van der Waals surface area contributed by atoms with Gasteiger partial charge in [-0.05, 0) is 50.6 Å². The number of hydrogen-bond acceptors (Lipinski definition) is 6. The lowest BCUT2D eigenvalue weighted by Crippen LogP contribution is -2.49. The van der Waals surface area contributed by atoms with E-state index in [-0.39, 0.29) is 11.9 Å². The summed E-state index contributed by atoms with van der Waals surface area (Å²) in [7, 11) is 2.11. The lowest BCUT2D eigenvalue weighted by atomic mass is 10.1. The van der Waals surface area contributed by atoms with Crippen LogP contribution >= 0.6 is 0 Å². The summed E-state index contributed by atoms with van der Waals surface area (Å²) in [6, 6.07) is 7.68. The molecule has 3 fully saturated rings. The molecule has 0 aromatic heterocycles. The van der Waals surface area contributed by atoms with Crippen molar-refractivity contribution < 1.29 is 14.4 Å². The molecule has 3 saturated heterocycles. The number of nitrogens with zero attached hydrogens (tertiary/aromatic N) is 5. The Morgan fingerprint density at radius 1 is 0.882 bits per heavy atom. The van der Waals surface area contributed by atoms with E-state index in [1.54, 1.807) is 4.90 Å². The van der Waals surface area contributed by atoms with Gasteiger partial charge in [0.1, 0.15) is 0 Å². The zero-order valence-corrected chi connectivity index (χ0v) is 20.4. The van der Waals surface area contributed by atoms with E-state index in [0.29, 0.717) is 25.3 Å². The van der Waals surface area contributed by atoms with Crippen molar-refractivity contribution in [2.24, 2.45) is 0 Å². The SMILES string of the molecule is CN(CCC(=O)N1CCCCC1)CCN1CCN(c2ccc(N3CCC(=O)NC3=O)cc2)CC1. The Hall–Kier alpha value is -2.65. The Kier molecular flexibility index (Phi) is 8.39. The minimum absolute atomic E-state index is 0.215. The maximum atomic E-state index is 12.4. The molecule has 3 heterocycles. The number of amides is 4. The highest BCUT2D eigenvalue weighted by Gasteiger charge is 2.24. The standard InChI is InChI=1S/C25H38N6O3/c1-27(13-10-24(33)30-11-3-2-4-12-30)15-16-28-17-19-29(20-18-28)21-5-7-22(8-6-21)31-14-9-23(32)26-25(31)34/h5-8H,2-4,9-20H2,1H3,(H,26,32,34). The second kappa shape index (κ2) is 11.7. The van der Waals surface area contributed by atoms with Gasteiger partial charge in [0.05, 0.1) is 0 Å². The molecule has 0 unspecified atom stereocenters. The fourth-order valence-electron chi connectivity index (χ4n) is 4.90. The van der Waals surface area contributed by atoms with Crippen LogP contribution in [0.3, 0.4) is 0 Å². The summed E-state index contributed by atoms with van der Waals surface area (Å²) in [6.07, 6.45) is 4.50. The average molecular weight is 471 g/mol. The van der Waals surface area contributed by atoms with Crippen molar-refractivity contribution in [3.8, 4) is 0 Å². The highest BCUT2D eigenvalue weighted by molar-refractivity contribution is 6.05. The molecular weight excluding hydrogens is 432 g/mol. The number of urea groups is 1. The van der Waals surface area contributed by atoms with Crippen LogP contribution in [-0.2, 0) is 9.59 Å². The highest BCUT2D eigenvalue weighted by Crippen LogP contribution is 2.23. The van der Waals surface area contributed by atoms with E-state index in [1.165, 1.54) is 6.42 Å². The minimum Gasteiger partial charge on any atom is -0.369 e. The predicted molar refractivity (Wildman–Crippen MR) is 133 cm³/mol. The lowest BCUT2D eigenvalue weighted by Gasteiger charge is -2.37. The number of benzene rings is 1. The molecule has 0 atom stereocenters. The molecule has 0 radical (unpaired) electrons. The Morgan fingerprint density at radius 2 is 1.56 bits per heavy atom. The molecule has 1 N–H and O–H groups in total. The van der Waals surface area contributed by atoms with E-state index >= 15 is 0 Å². The third-order valence-corrected chi connectivity index (χ3v) is 7.17. The van der Waals surface area contributed by atoms with Crippen molar-refractivity contribution in [1.29, 1.82) is 0 Å². The third-order valence-electron chi connectivity index (χ3n) is 7.17. The number of anilines is 2. The fraction of sp³-hybridized carbons (Fsp3) is 0.640. The van der Waals surface area contributed by atoms with Gasteiger partial charge in [0, 0.05) is 89.7 Å². The van der Waals surface area contributed by atoms with Crippen LogP contribution in [-0.4, -0.2) is 105 Å². The number of likely N-dealkylation sites (N-methyl/N-ethyl adjacent to an activating group) is 1. The first kappa shape index (κ1) is 24.5. The van der Waals surface area contributed by atoms with E-state index in [4.69, 9.17) is 0 Å². The van der Waals surface area contributed by atoms with Gasteiger partial charge in [0.2, 0.25) is 11.8 Å². The van der Waals surface area contributed by atoms with E-state index in [0.717, 1.165) is 83.1 Å². The van der Waals surface area contributed by atoms with Gasteiger partial charge in [-0.15, -0.1) is 0 Å². The third kappa shape index (κ3) is 6.48. The lowest BCUT2D eigenvalue weighted by molar-refractivity contribution is -0.132. The summed E-state index contributed by atoms with van der Waals surface area (Å²) in [4.78, 5) is 46.5. The van der Waals surface area contributed by atoms with Crippen molar-refractivity contribution in [2.75, 3.05) is 82.3 Å². The fourth-order valence-corrected chi connectivity index (χ4v) is 4.90. The molecule has 0 bridgehead atoms. The van der Waals surface area contributed by atoms with Crippen molar-refractivity contribution in [3.63, 3.8) is 0 Å². The monoisotopic (exact) mass is 470 g/mol. The molecule has 34 heavy (non-hydrogen) atoms. The van der Waals surface area contributed by atoms with Crippen LogP contribution in [0.1, 0.15) is 32.1 Å². The van der Waals surface area contributed by atoms with Gasteiger partial charge >= 0.3 is 6.03 Å². The molecule has 4 amide bonds. The van der Waals surface area contributed by atoms with Gasteiger partial charge in [0.15, 0.2) is 0 Å². The molecule has 186 valence electrons. The smallest absolute Gasteiger partial charge is 0.328 e. The van der Waals surface area contributed by atoms with Crippen LogP contribution in [0.15, 0.2) is 24.3 Å². The van der Waals surface area contributed by atoms with Crippen LogP contribution in [0.4, 0.5) is 16.2 Å². The molecule has 3 aliphatic rings. The average Bonchev–Trinajstić information content (AvgIpc) is 2.87. The first-order valence-corrected chi connectivity index (χ1v) is 12.6. The number of piperazine rings is 1. The van der Waals surface area contributed by atoms with Crippen LogP contribution in [0.2, 0.25) is 0 Å². The van der Waals surface area contributed by atoms with Crippen LogP contribution < -0.4 is 15.1 Å². The first-order valence-electron chi connectivity index (χ1n) is 12.6. The number of imide groups is 1.